The van der Waals surface area contributed by atoms with Gasteiger partial charge in [-0.15, -0.1) is 0 Å². The van der Waals surface area contributed by atoms with Crippen molar-refractivity contribution in [3.05, 3.63) is 41.7 Å². The van der Waals surface area contributed by atoms with Gasteiger partial charge in [-0.2, -0.15) is 0 Å². The van der Waals surface area contributed by atoms with Crippen LogP contribution in [0.4, 0.5) is 0 Å². The average molecular weight is 261 g/mol. The molecule has 0 radical (unpaired) electrons. The molecular formula is C14H19N3O2. The Balaban J connectivity index is 2.19. The maximum atomic E-state index is 5.48. The van der Waals surface area contributed by atoms with Crippen LogP contribution in [0, 0.1) is 0 Å². The lowest BCUT2D eigenvalue weighted by atomic mass is 10.0. The highest BCUT2D eigenvalue weighted by molar-refractivity contribution is 5.24. The van der Waals surface area contributed by atoms with Crippen molar-refractivity contribution in [2.45, 2.75) is 25.8 Å². The first kappa shape index (κ1) is 13.5. The number of nitrogens with zero attached hydrogens (tertiary/aromatic N) is 2. The third-order valence-electron chi connectivity index (χ3n) is 3.15. The Bertz CT molecular complexity index is 525. The largest absolute Gasteiger partial charge is 0.481 e. The molecule has 0 aromatic carbocycles. The van der Waals surface area contributed by atoms with Gasteiger partial charge in [0, 0.05) is 36.2 Å². The van der Waals surface area contributed by atoms with Gasteiger partial charge in [-0.25, -0.2) is 9.97 Å². The standard InChI is InChI=1S/C14H19N3O2/c1-4-13-11(5-6-19-13)12(15-2)7-10-8-14(18-3)17-9-16-10/h5-6,8-9,12,15H,4,7H2,1-3H3. The molecular weight excluding hydrogens is 242 g/mol. The third-order valence-corrected chi connectivity index (χ3v) is 3.15. The van der Waals surface area contributed by atoms with Crippen LogP contribution >= 0.6 is 0 Å². The van der Waals surface area contributed by atoms with Crippen molar-refractivity contribution in [2.24, 2.45) is 0 Å². The van der Waals surface area contributed by atoms with Gasteiger partial charge in [0.1, 0.15) is 12.1 Å². The van der Waals surface area contributed by atoms with Gasteiger partial charge in [0.2, 0.25) is 5.88 Å². The molecule has 0 spiro atoms. The summed E-state index contributed by atoms with van der Waals surface area (Å²) < 4.78 is 10.6. The highest BCUT2D eigenvalue weighted by atomic mass is 16.5. The summed E-state index contributed by atoms with van der Waals surface area (Å²) in [6.45, 7) is 2.09. The van der Waals surface area contributed by atoms with Crippen molar-refractivity contribution in [2.75, 3.05) is 14.2 Å². The Labute approximate surface area is 113 Å². The summed E-state index contributed by atoms with van der Waals surface area (Å²) in [7, 11) is 3.54. The van der Waals surface area contributed by atoms with Crippen molar-refractivity contribution < 1.29 is 9.15 Å². The summed E-state index contributed by atoms with van der Waals surface area (Å²) in [5.41, 5.74) is 2.12. The Morgan fingerprint density at radius 3 is 2.95 bits per heavy atom. The second-order valence-electron chi connectivity index (χ2n) is 4.25. The number of ether oxygens (including phenoxy) is 1. The van der Waals surface area contributed by atoms with Gasteiger partial charge in [0.05, 0.1) is 13.4 Å². The molecule has 0 saturated carbocycles. The number of hydrogen-bond acceptors (Lipinski definition) is 5. The minimum atomic E-state index is 0.174. The van der Waals surface area contributed by atoms with Crippen LogP contribution in [0.15, 0.2) is 29.1 Å². The molecule has 1 unspecified atom stereocenters. The average Bonchev–Trinajstić information content (AvgIpc) is 2.93. The fourth-order valence-corrected chi connectivity index (χ4v) is 2.13. The molecule has 0 aliphatic heterocycles. The van der Waals surface area contributed by atoms with E-state index in [0.717, 1.165) is 24.3 Å². The quantitative estimate of drug-likeness (QED) is 0.863. The molecule has 5 nitrogen and oxygen atoms in total. The first-order valence-electron chi connectivity index (χ1n) is 6.36. The van der Waals surface area contributed by atoms with Gasteiger partial charge in [-0.05, 0) is 13.1 Å². The van der Waals surface area contributed by atoms with Crippen molar-refractivity contribution >= 4 is 0 Å². The summed E-state index contributed by atoms with van der Waals surface area (Å²) in [6.07, 6.45) is 4.91. The first-order valence-corrected chi connectivity index (χ1v) is 6.36. The van der Waals surface area contributed by atoms with E-state index in [2.05, 4.69) is 22.2 Å². The molecule has 1 N–H and O–H groups in total. The second kappa shape index (κ2) is 6.33. The SMILES string of the molecule is CCc1occc1C(Cc1cc(OC)ncn1)NC. The molecule has 2 heterocycles. The molecule has 2 rings (SSSR count). The topological polar surface area (TPSA) is 60.2 Å². The minimum absolute atomic E-state index is 0.174. The van der Waals surface area contributed by atoms with Crippen LogP contribution in [0.2, 0.25) is 0 Å². The maximum absolute atomic E-state index is 5.48. The van der Waals surface area contributed by atoms with E-state index in [1.165, 1.54) is 11.9 Å². The molecule has 0 bridgehead atoms. The molecule has 0 amide bonds. The normalized spacial score (nSPS) is 12.4. The summed E-state index contributed by atoms with van der Waals surface area (Å²) >= 11 is 0. The van der Waals surface area contributed by atoms with Crippen LogP contribution in [-0.4, -0.2) is 24.1 Å². The number of methoxy groups -OCH3 is 1. The molecule has 102 valence electrons. The maximum Gasteiger partial charge on any atom is 0.216 e. The fourth-order valence-electron chi connectivity index (χ4n) is 2.13. The smallest absolute Gasteiger partial charge is 0.216 e. The molecule has 2 aromatic heterocycles. The predicted octanol–water partition coefficient (Wildman–Crippen LogP) is 2.14. The minimum Gasteiger partial charge on any atom is -0.481 e. The highest BCUT2D eigenvalue weighted by Crippen LogP contribution is 2.23. The van der Waals surface area contributed by atoms with Crippen LogP contribution in [0.3, 0.4) is 0 Å². The second-order valence-corrected chi connectivity index (χ2v) is 4.25. The van der Waals surface area contributed by atoms with Gasteiger partial charge in [0.25, 0.3) is 0 Å². The lowest BCUT2D eigenvalue weighted by Gasteiger charge is -2.15. The zero-order valence-corrected chi connectivity index (χ0v) is 11.5. The van der Waals surface area contributed by atoms with Gasteiger partial charge in [-0.1, -0.05) is 6.92 Å². The van der Waals surface area contributed by atoms with Crippen molar-refractivity contribution in [3.8, 4) is 5.88 Å². The lowest BCUT2D eigenvalue weighted by Crippen LogP contribution is -2.20. The molecule has 0 saturated heterocycles. The summed E-state index contributed by atoms with van der Waals surface area (Å²) in [4.78, 5) is 8.29. The lowest BCUT2D eigenvalue weighted by molar-refractivity contribution is 0.395. The van der Waals surface area contributed by atoms with Crippen LogP contribution < -0.4 is 10.1 Å². The van der Waals surface area contributed by atoms with E-state index in [1.54, 1.807) is 13.4 Å². The Morgan fingerprint density at radius 1 is 1.42 bits per heavy atom. The van der Waals surface area contributed by atoms with Crippen LogP contribution in [-0.2, 0) is 12.8 Å². The van der Waals surface area contributed by atoms with E-state index in [9.17, 15) is 0 Å². The summed E-state index contributed by atoms with van der Waals surface area (Å²) in [6, 6.07) is 4.04. The van der Waals surface area contributed by atoms with E-state index >= 15 is 0 Å². The number of rotatable bonds is 6. The number of likely N-dealkylation sites (N-methyl/N-ethyl adjacent to an activating group) is 1. The third kappa shape index (κ3) is 3.12. The molecule has 0 aliphatic rings. The Kier molecular flexibility index (Phi) is 4.52. The molecule has 0 aliphatic carbocycles. The summed E-state index contributed by atoms with van der Waals surface area (Å²) in [5.74, 6) is 1.60. The van der Waals surface area contributed by atoms with E-state index in [4.69, 9.17) is 9.15 Å². The van der Waals surface area contributed by atoms with E-state index in [0.29, 0.717) is 5.88 Å². The van der Waals surface area contributed by atoms with Crippen LogP contribution in [0.5, 0.6) is 5.88 Å². The Hall–Kier alpha value is -1.88. The summed E-state index contributed by atoms with van der Waals surface area (Å²) in [5, 5.41) is 3.30. The molecule has 5 heteroatoms. The van der Waals surface area contributed by atoms with E-state index < -0.39 is 0 Å². The van der Waals surface area contributed by atoms with E-state index in [1.807, 2.05) is 19.2 Å². The molecule has 1 atom stereocenters. The van der Waals surface area contributed by atoms with Crippen molar-refractivity contribution in [3.63, 3.8) is 0 Å². The van der Waals surface area contributed by atoms with Gasteiger partial charge < -0.3 is 14.5 Å². The van der Waals surface area contributed by atoms with Crippen molar-refractivity contribution in [1.29, 1.82) is 0 Å². The van der Waals surface area contributed by atoms with Gasteiger partial charge >= 0.3 is 0 Å². The fraction of sp³-hybridized carbons (Fsp3) is 0.429. The number of hydrogen-bond donors (Lipinski definition) is 1. The number of nitrogens with one attached hydrogen (secondary N) is 1. The van der Waals surface area contributed by atoms with Crippen molar-refractivity contribution in [1.82, 2.24) is 15.3 Å². The Morgan fingerprint density at radius 2 is 2.26 bits per heavy atom. The van der Waals surface area contributed by atoms with Gasteiger partial charge in [0.15, 0.2) is 0 Å². The van der Waals surface area contributed by atoms with Gasteiger partial charge in [-0.3, -0.25) is 0 Å². The number of aryl methyl sites for hydroxylation is 1. The molecule has 2 aromatic rings. The monoisotopic (exact) mass is 261 g/mol. The van der Waals surface area contributed by atoms with Crippen LogP contribution in [0.25, 0.3) is 0 Å². The van der Waals surface area contributed by atoms with Crippen LogP contribution in [0.1, 0.15) is 30.0 Å². The molecule has 19 heavy (non-hydrogen) atoms. The zero-order chi connectivity index (χ0) is 13.7. The molecule has 0 fully saturated rings. The first-order chi connectivity index (χ1) is 9.28. The predicted molar refractivity (Wildman–Crippen MR) is 72.2 cm³/mol. The number of furan rings is 1. The number of aromatic nitrogens is 2. The van der Waals surface area contributed by atoms with E-state index in [-0.39, 0.29) is 6.04 Å². The zero-order valence-electron chi connectivity index (χ0n) is 11.5. The highest BCUT2D eigenvalue weighted by Gasteiger charge is 2.16.